The Morgan fingerprint density at radius 2 is 2.00 bits per heavy atom. The molecular weight excluding hydrogens is 238 g/mol. The molecule has 0 aliphatic rings. The second-order valence-corrected chi connectivity index (χ2v) is 4.84. The molecule has 0 aliphatic carbocycles. The second kappa shape index (κ2) is 5.25. The van der Waals surface area contributed by atoms with E-state index >= 15 is 0 Å². The van der Waals surface area contributed by atoms with Crippen molar-refractivity contribution in [3.05, 3.63) is 29.3 Å². The van der Waals surface area contributed by atoms with Crippen LogP contribution in [0.15, 0.2) is 29.2 Å². The zero-order valence-corrected chi connectivity index (χ0v) is 9.29. The maximum Gasteiger partial charge on any atom is 0.321 e. The molecule has 0 bridgehead atoms. The summed E-state index contributed by atoms with van der Waals surface area (Å²) >= 11 is 5.65. The molecule has 0 saturated heterocycles. The first-order valence-corrected chi connectivity index (χ1v) is 5.82. The molecule has 82 valence electrons. The van der Waals surface area contributed by atoms with E-state index < -0.39 is 22.8 Å². The first-order chi connectivity index (χ1) is 7.00. The predicted octanol–water partition coefficient (Wildman–Crippen LogP) is 0.859. The van der Waals surface area contributed by atoms with E-state index in [1.165, 1.54) is 0 Å². The fraction of sp³-hybridized carbons (Fsp3) is 0.222. The molecule has 15 heavy (non-hydrogen) atoms. The first-order valence-electron chi connectivity index (χ1n) is 4.13. The minimum Gasteiger partial charge on any atom is -0.480 e. The van der Waals surface area contributed by atoms with Gasteiger partial charge in [0, 0.05) is 9.92 Å². The van der Waals surface area contributed by atoms with E-state index in [4.69, 9.17) is 22.4 Å². The summed E-state index contributed by atoms with van der Waals surface area (Å²) in [5, 5.41) is 9.08. The van der Waals surface area contributed by atoms with Crippen molar-refractivity contribution < 1.29 is 14.1 Å². The second-order valence-electron chi connectivity index (χ2n) is 2.91. The summed E-state index contributed by atoms with van der Waals surface area (Å²) in [6, 6.07) is 5.27. The van der Waals surface area contributed by atoms with Crippen molar-refractivity contribution in [3.63, 3.8) is 0 Å². The molecule has 2 atom stereocenters. The molecule has 4 nitrogen and oxygen atoms in total. The SMILES string of the molecule is NC(CS(=O)c1ccc(Cl)cc1)C(=O)O. The lowest BCUT2D eigenvalue weighted by Crippen LogP contribution is -2.35. The number of hydrogen-bond donors (Lipinski definition) is 2. The van der Waals surface area contributed by atoms with Crippen LogP contribution in [0.5, 0.6) is 0 Å². The standard InChI is InChI=1S/C9H10ClNO3S/c10-6-1-3-7(4-2-6)15(14)5-8(11)9(12)13/h1-4,8H,5,11H2,(H,12,13). The average molecular weight is 248 g/mol. The molecule has 1 aromatic carbocycles. The molecule has 0 radical (unpaired) electrons. The Hall–Kier alpha value is -0.910. The van der Waals surface area contributed by atoms with Crippen LogP contribution in [0, 0.1) is 0 Å². The van der Waals surface area contributed by atoms with Gasteiger partial charge in [-0.3, -0.25) is 9.00 Å². The van der Waals surface area contributed by atoms with E-state index in [0.717, 1.165) is 0 Å². The quantitative estimate of drug-likeness (QED) is 0.827. The number of carboxylic acids is 1. The van der Waals surface area contributed by atoms with E-state index in [1.807, 2.05) is 0 Å². The van der Waals surface area contributed by atoms with Crippen molar-refractivity contribution in [2.45, 2.75) is 10.9 Å². The fourth-order valence-electron chi connectivity index (χ4n) is 0.917. The lowest BCUT2D eigenvalue weighted by Gasteiger charge is -2.06. The number of carboxylic acid groups (broad SMARTS) is 1. The predicted molar refractivity (Wildman–Crippen MR) is 58.3 cm³/mol. The van der Waals surface area contributed by atoms with Crippen LogP contribution in [-0.4, -0.2) is 27.1 Å². The monoisotopic (exact) mass is 247 g/mol. The highest BCUT2D eigenvalue weighted by molar-refractivity contribution is 7.85. The normalized spacial score (nSPS) is 14.5. The summed E-state index contributed by atoms with van der Waals surface area (Å²) in [4.78, 5) is 11.0. The third kappa shape index (κ3) is 3.62. The van der Waals surface area contributed by atoms with Gasteiger partial charge in [-0.2, -0.15) is 0 Å². The van der Waals surface area contributed by atoms with Crippen LogP contribution in [0.3, 0.4) is 0 Å². The Bertz CT molecular complexity index is 379. The van der Waals surface area contributed by atoms with Gasteiger partial charge in [0.1, 0.15) is 6.04 Å². The number of carbonyl (C=O) groups is 1. The van der Waals surface area contributed by atoms with Gasteiger partial charge in [0.25, 0.3) is 0 Å². The number of rotatable bonds is 4. The molecule has 3 N–H and O–H groups in total. The minimum absolute atomic E-state index is 0.100. The van der Waals surface area contributed by atoms with Crippen LogP contribution in [0.4, 0.5) is 0 Å². The molecule has 0 spiro atoms. The van der Waals surface area contributed by atoms with Gasteiger partial charge in [-0.15, -0.1) is 0 Å². The molecule has 0 aliphatic heterocycles. The molecular formula is C9H10ClNO3S. The maximum absolute atomic E-state index is 11.6. The lowest BCUT2D eigenvalue weighted by molar-refractivity contribution is -0.137. The fourth-order valence-corrected chi connectivity index (χ4v) is 2.14. The minimum atomic E-state index is -1.41. The third-order valence-electron chi connectivity index (χ3n) is 1.72. The smallest absolute Gasteiger partial charge is 0.321 e. The van der Waals surface area contributed by atoms with Gasteiger partial charge in [-0.05, 0) is 24.3 Å². The van der Waals surface area contributed by atoms with Crippen molar-refractivity contribution in [1.82, 2.24) is 0 Å². The lowest BCUT2D eigenvalue weighted by atomic mass is 10.4. The summed E-state index contributed by atoms with van der Waals surface area (Å²) in [6.07, 6.45) is 0. The van der Waals surface area contributed by atoms with Crippen LogP contribution in [0.1, 0.15) is 0 Å². The van der Waals surface area contributed by atoms with Gasteiger partial charge < -0.3 is 10.8 Å². The molecule has 1 aromatic rings. The summed E-state index contributed by atoms with van der Waals surface area (Å²) < 4.78 is 11.6. The van der Waals surface area contributed by atoms with Crippen molar-refractivity contribution in [2.24, 2.45) is 5.73 Å². The van der Waals surface area contributed by atoms with E-state index in [1.54, 1.807) is 24.3 Å². The molecule has 0 amide bonds. The Labute approximate surface area is 94.5 Å². The van der Waals surface area contributed by atoms with Crippen molar-refractivity contribution >= 4 is 28.4 Å². The largest absolute Gasteiger partial charge is 0.480 e. The number of benzene rings is 1. The highest BCUT2D eigenvalue weighted by Crippen LogP contribution is 2.13. The Morgan fingerprint density at radius 1 is 1.47 bits per heavy atom. The van der Waals surface area contributed by atoms with Crippen molar-refractivity contribution in [1.29, 1.82) is 0 Å². The third-order valence-corrected chi connectivity index (χ3v) is 3.44. The molecule has 0 saturated carbocycles. The number of halogens is 1. The summed E-state index contributed by atoms with van der Waals surface area (Å²) in [6.45, 7) is 0. The zero-order chi connectivity index (χ0) is 11.4. The first kappa shape index (κ1) is 12.2. The van der Waals surface area contributed by atoms with Gasteiger partial charge in [-0.1, -0.05) is 11.6 Å². The number of hydrogen-bond acceptors (Lipinski definition) is 3. The van der Waals surface area contributed by atoms with Crippen LogP contribution < -0.4 is 5.73 Å². The maximum atomic E-state index is 11.6. The van der Waals surface area contributed by atoms with Crippen LogP contribution in [-0.2, 0) is 15.6 Å². The van der Waals surface area contributed by atoms with E-state index in [0.29, 0.717) is 9.92 Å². The van der Waals surface area contributed by atoms with Gasteiger partial charge >= 0.3 is 5.97 Å². The molecule has 6 heteroatoms. The van der Waals surface area contributed by atoms with Gasteiger partial charge in [-0.25, -0.2) is 0 Å². The topological polar surface area (TPSA) is 80.4 Å². The van der Waals surface area contributed by atoms with E-state index in [9.17, 15) is 9.00 Å². The summed E-state index contributed by atoms with van der Waals surface area (Å²) in [5.41, 5.74) is 5.27. The summed E-state index contributed by atoms with van der Waals surface area (Å²) in [7, 11) is -1.41. The molecule has 0 heterocycles. The average Bonchev–Trinajstić information content (AvgIpc) is 2.18. The van der Waals surface area contributed by atoms with Gasteiger partial charge in [0.15, 0.2) is 0 Å². The number of aliphatic carboxylic acids is 1. The van der Waals surface area contributed by atoms with E-state index in [-0.39, 0.29) is 5.75 Å². The Kier molecular flexibility index (Phi) is 4.26. The van der Waals surface area contributed by atoms with Crippen LogP contribution in [0.2, 0.25) is 5.02 Å². The molecule has 0 aromatic heterocycles. The van der Waals surface area contributed by atoms with Crippen molar-refractivity contribution in [2.75, 3.05) is 5.75 Å². The van der Waals surface area contributed by atoms with Crippen LogP contribution in [0.25, 0.3) is 0 Å². The Morgan fingerprint density at radius 3 is 2.47 bits per heavy atom. The molecule has 2 unspecified atom stereocenters. The van der Waals surface area contributed by atoms with Gasteiger partial charge in [0.2, 0.25) is 0 Å². The van der Waals surface area contributed by atoms with Crippen molar-refractivity contribution in [3.8, 4) is 0 Å². The molecule has 1 rings (SSSR count). The zero-order valence-electron chi connectivity index (χ0n) is 7.72. The van der Waals surface area contributed by atoms with Gasteiger partial charge in [0.05, 0.1) is 16.6 Å². The van der Waals surface area contributed by atoms with Crippen LogP contribution >= 0.6 is 11.6 Å². The summed E-state index contributed by atoms with van der Waals surface area (Å²) in [5.74, 6) is -1.26. The Balaban J connectivity index is 2.69. The highest BCUT2D eigenvalue weighted by atomic mass is 35.5. The van der Waals surface area contributed by atoms with E-state index in [2.05, 4.69) is 0 Å². The number of nitrogens with two attached hydrogens (primary N) is 1. The molecule has 0 fully saturated rings. The highest BCUT2D eigenvalue weighted by Gasteiger charge is 2.16.